The lowest BCUT2D eigenvalue weighted by Gasteiger charge is -2.49. The zero-order valence-corrected chi connectivity index (χ0v) is 19.9. The van der Waals surface area contributed by atoms with Crippen LogP contribution in [-0.2, 0) is 19.2 Å². The molecule has 0 unspecified atom stereocenters. The fraction of sp³-hybridized carbons (Fsp3) is 0.182. The number of hydrogen-bond acceptors (Lipinski definition) is 10. The van der Waals surface area contributed by atoms with Crippen molar-refractivity contribution < 1.29 is 29.5 Å². The van der Waals surface area contributed by atoms with Crippen LogP contribution in [0.4, 0.5) is 5.13 Å². The van der Waals surface area contributed by atoms with E-state index in [2.05, 4.69) is 20.8 Å². The number of carbonyl (C=O) groups is 4. The number of β-lactam (4-membered cyclic amide) rings is 2. The van der Waals surface area contributed by atoms with Crippen LogP contribution < -0.4 is 16.4 Å². The molecule has 2 saturated heterocycles. The van der Waals surface area contributed by atoms with E-state index in [-0.39, 0.29) is 34.7 Å². The first-order valence-corrected chi connectivity index (χ1v) is 12.5. The van der Waals surface area contributed by atoms with Gasteiger partial charge in [0.15, 0.2) is 10.8 Å². The molecule has 6 N–H and O–H groups in total. The third-order valence-electron chi connectivity index (χ3n) is 5.90. The quantitative estimate of drug-likeness (QED) is 0.115. The van der Waals surface area contributed by atoms with E-state index >= 15 is 0 Å². The van der Waals surface area contributed by atoms with Crippen LogP contribution in [0.5, 0.6) is 0 Å². The van der Waals surface area contributed by atoms with Gasteiger partial charge < -0.3 is 26.7 Å². The van der Waals surface area contributed by atoms with Crippen LogP contribution in [0.25, 0.3) is 5.57 Å². The molecule has 184 valence electrons. The van der Waals surface area contributed by atoms with Crippen LogP contribution in [0.15, 0.2) is 57.7 Å². The zero-order chi connectivity index (χ0) is 25.6. The van der Waals surface area contributed by atoms with Gasteiger partial charge in [0.25, 0.3) is 11.8 Å². The number of benzene rings is 1. The minimum Gasteiger partial charge on any atom is -0.477 e. The van der Waals surface area contributed by atoms with Crippen molar-refractivity contribution in [1.29, 1.82) is 0 Å². The van der Waals surface area contributed by atoms with Crippen molar-refractivity contribution in [2.24, 2.45) is 5.16 Å². The molecule has 5 rings (SSSR count). The molecule has 2 atom stereocenters. The van der Waals surface area contributed by atoms with Crippen LogP contribution in [-0.4, -0.2) is 73.3 Å². The lowest BCUT2D eigenvalue weighted by atomic mass is 9.88. The van der Waals surface area contributed by atoms with E-state index in [1.54, 1.807) is 30.3 Å². The van der Waals surface area contributed by atoms with E-state index in [9.17, 15) is 29.5 Å². The number of aromatic nitrogens is 1. The summed E-state index contributed by atoms with van der Waals surface area (Å²) in [5.74, 6) is -2.92. The summed E-state index contributed by atoms with van der Waals surface area (Å²) in [6.45, 7) is 0.282. The topological polar surface area (TPSA) is 187 Å². The number of thioether (sulfide) groups is 1. The Morgan fingerprint density at radius 3 is 2.56 bits per heavy atom. The molecule has 2 aromatic rings. The third-order valence-corrected chi connectivity index (χ3v) is 7.86. The number of nitrogen functional groups attached to an aromatic ring is 1. The zero-order valence-electron chi connectivity index (χ0n) is 18.3. The first kappa shape index (κ1) is 23.6. The number of allylic oxidation sites excluding steroid dienone is 1. The largest absolute Gasteiger partial charge is 0.477 e. The summed E-state index contributed by atoms with van der Waals surface area (Å²) < 4.78 is 0. The number of anilines is 1. The van der Waals surface area contributed by atoms with Gasteiger partial charge in [-0.3, -0.25) is 19.3 Å². The van der Waals surface area contributed by atoms with Gasteiger partial charge in [-0.25, -0.2) is 9.78 Å². The van der Waals surface area contributed by atoms with E-state index in [0.29, 0.717) is 22.3 Å². The van der Waals surface area contributed by atoms with Crippen LogP contribution in [0.3, 0.4) is 0 Å². The van der Waals surface area contributed by atoms with Gasteiger partial charge in [0.1, 0.15) is 22.8 Å². The van der Waals surface area contributed by atoms with Crippen molar-refractivity contribution in [3.63, 3.8) is 0 Å². The number of oxime groups is 1. The van der Waals surface area contributed by atoms with Gasteiger partial charge in [-0.2, -0.15) is 0 Å². The molecule has 3 amide bonds. The normalized spacial score (nSPS) is 22.8. The molecule has 36 heavy (non-hydrogen) atoms. The Morgan fingerprint density at radius 2 is 2.00 bits per heavy atom. The monoisotopic (exact) mass is 526 g/mol. The summed E-state index contributed by atoms with van der Waals surface area (Å²) >= 11 is 2.31. The highest BCUT2D eigenvalue weighted by atomic mass is 32.2. The third kappa shape index (κ3) is 3.79. The number of nitrogens with two attached hydrogens (primary N) is 1. The first-order chi connectivity index (χ1) is 17.3. The number of carbonyl (C=O) groups excluding carboxylic acids is 3. The van der Waals surface area contributed by atoms with Crippen LogP contribution >= 0.6 is 23.1 Å². The highest BCUT2D eigenvalue weighted by Crippen LogP contribution is 2.45. The number of nitrogens with zero attached hydrogens (tertiary/aromatic N) is 3. The maximum atomic E-state index is 13.1. The van der Waals surface area contributed by atoms with Gasteiger partial charge in [-0.15, -0.1) is 23.1 Å². The molecule has 0 aliphatic carbocycles. The fourth-order valence-electron chi connectivity index (χ4n) is 4.22. The molecule has 2 fully saturated rings. The molecule has 4 heterocycles. The van der Waals surface area contributed by atoms with Gasteiger partial charge >= 0.3 is 5.97 Å². The number of amides is 3. The highest BCUT2D eigenvalue weighted by Gasteiger charge is 2.55. The fourth-order valence-corrected chi connectivity index (χ4v) is 6.12. The Bertz CT molecular complexity index is 1400. The summed E-state index contributed by atoms with van der Waals surface area (Å²) in [6.07, 6.45) is 0. The van der Waals surface area contributed by atoms with Gasteiger partial charge in [0.05, 0.1) is 0 Å². The summed E-state index contributed by atoms with van der Waals surface area (Å²) in [5.41, 5.74) is 6.91. The van der Waals surface area contributed by atoms with E-state index in [4.69, 9.17) is 5.73 Å². The Kier molecular flexibility index (Phi) is 5.97. The first-order valence-electron chi connectivity index (χ1n) is 10.5. The second kappa shape index (κ2) is 9.13. The van der Waals surface area contributed by atoms with E-state index in [1.807, 2.05) is 0 Å². The smallest absolute Gasteiger partial charge is 0.352 e. The SMILES string of the molecule is Nc1nc(C(=NO)C(=O)N[C@@H]2C(=O)N3C(C(=O)O)=C(C(=C4CNC4=O)c4ccccc4)CS[C@H]23)cs1. The number of rotatable bonds is 6. The Hall–Kier alpha value is -4.17. The second-order valence-corrected chi connectivity index (χ2v) is 9.91. The van der Waals surface area contributed by atoms with Crippen LogP contribution in [0.1, 0.15) is 11.3 Å². The molecule has 14 heteroatoms. The number of carboxylic acids is 1. The molecule has 12 nitrogen and oxygen atoms in total. The molecule has 3 aliphatic rings. The van der Waals surface area contributed by atoms with Gasteiger partial charge in [-0.05, 0) is 11.1 Å². The maximum absolute atomic E-state index is 13.1. The highest BCUT2D eigenvalue weighted by molar-refractivity contribution is 8.00. The second-order valence-electron chi connectivity index (χ2n) is 7.92. The summed E-state index contributed by atoms with van der Waals surface area (Å²) in [4.78, 5) is 55.5. The Balaban J connectivity index is 1.46. The summed E-state index contributed by atoms with van der Waals surface area (Å²) in [7, 11) is 0. The predicted octanol–water partition coefficient (Wildman–Crippen LogP) is 0.226. The van der Waals surface area contributed by atoms with E-state index < -0.39 is 34.9 Å². The number of hydrogen-bond donors (Lipinski definition) is 5. The average Bonchev–Trinajstić information content (AvgIpc) is 3.30. The van der Waals surface area contributed by atoms with Crippen molar-refractivity contribution in [1.82, 2.24) is 20.5 Å². The molecular weight excluding hydrogens is 508 g/mol. The molecule has 0 radical (unpaired) electrons. The van der Waals surface area contributed by atoms with Gasteiger partial charge in [0.2, 0.25) is 5.91 Å². The maximum Gasteiger partial charge on any atom is 0.352 e. The van der Waals surface area contributed by atoms with Crippen LogP contribution in [0, 0.1) is 0 Å². The van der Waals surface area contributed by atoms with Crippen molar-refractivity contribution in [2.75, 3.05) is 18.0 Å². The number of thiazole rings is 1. The number of nitrogens with one attached hydrogen (secondary N) is 2. The molecule has 0 spiro atoms. The average molecular weight is 527 g/mol. The predicted molar refractivity (Wildman–Crippen MR) is 131 cm³/mol. The Labute approximate surface area is 211 Å². The Morgan fingerprint density at radius 1 is 1.25 bits per heavy atom. The van der Waals surface area contributed by atoms with Gasteiger partial charge in [0, 0.05) is 28.8 Å². The van der Waals surface area contributed by atoms with Crippen molar-refractivity contribution >= 4 is 63.2 Å². The lowest BCUT2D eigenvalue weighted by Crippen LogP contribution is -2.71. The van der Waals surface area contributed by atoms with Crippen molar-refractivity contribution in [3.8, 4) is 0 Å². The van der Waals surface area contributed by atoms with Crippen molar-refractivity contribution in [3.05, 3.63) is 63.8 Å². The lowest BCUT2D eigenvalue weighted by molar-refractivity contribution is -0.150. The number of fused-ring (bicyclic) bond motifs is 1. The minimum atomic E-state index is -1.32. The minimum absolute atomic E-state index is 0.0451. The van der Waals surface area contributed by atoms with Gasteiger partial charge in [-0.1, -0.05) is 35.5 Å². The standard InChI is InChI=1S/C22H18N6O6S2/c23-22-25-12(8-36-22)14(27-34)18(30)26-15-19(31)28-16(21(32)33)11(7-35-20(15)28)13(10-6-24-17(10)29)9-4-2-1-3-5-9/h1-5,8,15,20,34H,6-7H2,(H2,23,25)(H,24,29)(H,26,30)(H,32,33)/t15-,20-/m1/s1. The summed E-state index contributed by atoms with van der Waals surface area (Å²) in [6, 6.07) is 7.87. The molecule has 1 aromatic heterocycles. The van der Waals surface area contributed by atoms with Crippen molar-refractivity contribution in [2.45, 2.75) is 11.4 Å². The number of carboxylic acid groups (broad SMARTS) is 1. The molecule has 3 aliphatic heterocycles. The van der Waals surface area contributed by atoms with E-state index in [1.165, 1.54) is 17.1 Å². The molecule has 0 saturated carbocycles. The molecule has 0 bridgehead atoms. The van der Waals surface area contributed by atoms with Crippen LogP contribution in [0.2, 0.25) is 0 Å². The van der Waals surface area contributed by atoms with E-state index in [0.717, 1.165) is 16.2 Å². The summed E-state index contributed by atoms with van der Waals surface area (Å²) in [5, 5.41) is 28.4. The molecule has 1 aromatic carbocycles. The molecular formula is C22H18N6O6S2. The number of aliphatic carboxylic acids is 1.